The number of benzene rings is 1. The summed E-state index contributed by atoms with van der Waals surface area (Å²) in [5.41, 5.74) is 1.58. The Morgan fingerprint density at radius 1 is 1.30 bits per heavy atom. The van der Waals surface area contributed by atoms with Gasteiger partial charge >= 0.3 is 5.97 Å². The summed E-state index contributed by atoms with van der Waals surface area (Å²) in [6.45, 7) is 7.74. The number of carbonyl (C=O) groups excluding carboxylic acids is 1. The standard InChI is InChI=1S/C17H27NO2/c1-4-7-9-14(5-2)13-20-17(19)15-10-8-11-16(12-15)18-6-3/h8,10-12,14,18H,4-7,9,13H2,1-3H3. The summed E-state index contributed by atoms with van der Waals surface area (Å²) >= 11 is 0. The van der Waals surface area contributed by atoms with Crippen LogP contribution in [0.3, 0.4) is 0 Å². The number of anilines is 1. The fraction of sp³-hybridized carbons (Fsp3) is 0.588. The van der Waals surface area contributed by atoms with Gasteiger partial charge in [-0.05, 0) is 37.5 Å². The van der Waals surface area contributed by atoms with Crippen LogP contribution in [0.4, 0.5) is 5.69 Å². The first-order valence-corrected chi connectivity index (χ1v) is 7.72. The lowest BCUT2D eigenvalue weighted by Gasteiger charge is -2.14. The molecule has 1 aromatic carbocycles. The van der Waals surface area contributed by atoms with E-state index in [2.05, 4.69) is 19.2 Å². The minimum Gasteiger partial charge on any atom is -0.462 e. The highest BCUT2D eigenvalue weighted by atomic mass is 16.5. The van der Waals surface area contributed by atoms with Crippen molar-refractivity contribution in [3.05, 3.63) is 29.8 Å². The molecule has 0 aromatic heterocycles. The number of carbonyl (C=O) groups is 1. The average Bonchev–Trinajstić information content (AvgIpc) is 2.48. The summed E-state index contributed by atoms with van der Waals surface area (Å²) in [4.78, 5) is 12.0. The molecule has 0 bridgehead atoms. The topological polar surface area (TPSA) is 38.3 Å². The zero-order valence-corrected chi connectivity index (χ0v) is 12.9. The van der Waals surface area contributed by atoms with E-state index in [9.17, 15) is 4.79 Å². The first-order valence-electron chi connectivity index (χ1n) is 7.72. The van der Waals surface area contributed by atoms with Crippen LogP contribution in [-0.4, -0.2) is 19.1 Å². The van der Waals surface area contributed by atoms with Gasteiger partial charge in [-0.1, -0.05) is 39.2 Å². The van der Waals surface area contributed by atoms with Crippen molar-refractivity contribution in [3.8, 4) is 0 Å². The monoisotopic (exact) mass is 277 g/mol. The van der Waals surface area contributed by atoms with Crippen LogP contribution in [-0.2, 0) is 4.74 Å². The third-order valence-corrected chi connectivity index (χ3v) is 3.47. The van der Waals surface area contributed by atoms with Crippen molar-refractivity contribution in [2.45, 2.75) is 46.5 Å². The van der Waals surface area contributed by atoms with Crippen LogP contribution in [0.25, 0.3) is 0 Å². The van der Waals surface area contributed by atoms with E-state index in [4.69, 9.17) is 4.74 Å². The van der Waals surface area contributed by atoms with Crippen molar-refractivity contribution in [1.82, 2.24) is 0 Å². The van der Waals surface area contributed by atoms with Crippen molar-refractivity contribution in [3.63, 3.8) is 0 Å². The fourth-order valence-electron chi connectivity index (χ4n) is 2.14. The van der Waals surface area contributed by atoms with Crippen molar-refractivity contribution < 1.29 is 9.53 Å². The zero-order chi connectivity index (χ0) is 14.8. The van der Waals surface area contributed by atoms with Gasteiger partial charge in [0.2, 0.25) is 0 Å². The first kappa shape index (κ1) is 16.5. The van der Waals surface area contributed by atoms with Gasteiger partial charge in [-0.15, -0.1) is 0 Å². The second-order valence-corrected chi connectivity index (χ2v) is 5.13. The lowest BCUT2D eigenvalue weighted by atomic mass is 10.0. The molecule has 0 saturated carbocycles. The minimum absolute atomic E-state index is 0.222. The molecule has 0 fully saturated rings. The molecule has 1 atom stereocenters. The lowest BCUT2D eigenvalue weighted by Crippen LogP contribution is -2.14. The smallest absolute Gasteiger partial charge is 0.338 e. The molecule has 1 N–H and O–H groups in total. The molecule has 20 heavy (non-hydrogen) atoms. The maximum absolute atomic E-state index is 12.0. The molecule has 0 aliphatic carbocycles. The van der Waals surface area contributed by atoms with Crippen LogP contribution in [0.2, 0.25) is 0 Å². The molecule has 1 unspecified atom stereocenters. The van der Waals surface area contributed by atoms with Gasteiger partial charge in [-0.3, -0.25) is 0 Å². The van der Waals surface area contributed by atoms with Crippen LogP contribution in [0, 0.1) is 5.92 Å². The molecule has 0 amide bonds. The summed E-state index contributed by atoms with van der Waals surface area (Å²) in [7, 11) is 0. The maximum atomic E-state index is 12.0. The van der Waals surface area contributed by atoms with E-state index in [-0.39, 0.29) is 5.97 Å². The summed E-state index contributed by atoms with van der Waals surface area (Å²) in [6, 6.07) is 7.48. The molecular formula is C17H27NO2. The molecule has 0 aliphatic heterocycles. The van der Waals surface area contributed by atoms with E-state index < -0.39 is 0 Å². The van der Waals surface area contributed by atoms with Crippen LogP contribution in [0.1, 0.15) is 56.8 Å². The molecule has 3 nitrogen and oxygen atoms in total. The van der Waals surface area contributed by atoms with Crippen LogP contribution in [0.15, 0.2) is 24.3 Å². The second-order valence-electron chi connectivity index (χ2n) is 5.13. The Kier molecular flexibility index (Phi) is 7.78. The van der Waals surface area contributed by atoms with Crippen molar-refractivity contribution in [1.29, 1.82) is 0 Å². The van der Waals surface area contributed by atoms with E-state index in [0.717, 1.165) is 25.1 Å². The zero-order valence-electron chi connectivity index (χ0n) is 12.9. The van der Waals surface area contributed by atoms with Gasteiger partial charge in [0.25, 0.3) is 0 Å². The van der Waals surface area contributed by atoms with Gasteiger partial charge in [0.15, 0.2) is 0 Å². The summed E-state index contributed by atoms with van der Waals surface area (Å²) < 4.78 is 5.44. The molecule has 3 heteroatoms. The van der Waals surface area contributed by atoms with Gasteiger partial charge in [0, 0.05) is 12.2 Å². The van der Waals surface area contributed by atoms with E-state index in [0.29, 0.717) is 18.1 Å². The highest BCUT2D eigenvalue weighted by Crippen LogP contribution is 2.15. The van der Waals surface area contributed by atoms with Crippen molar-refractivity contribution in [2.75, 3.05) is 18.5 Å². The molecule has 0 radical (unpaired) electrons. The van der Waals surface area contributed by atoms with Crippen LogP contribution < -0.4 is 5.32 Å². The molecule has 0 heterocycles. The number of unbranched alkanes of at least 4 members (excludes halogenated alkanes) is 1. The SMILES string of the molecule is CCCCC(CC)COC(=O)c1cccc(NCC)c1. The van der Waals surface area contributed by atoms with Gasteiger partial charge in [-0.25, -0.2) is 4.79 Å². The number of nitrogens with one attached hydrogen (secondary N) is 1. The molecule has 0 aliphatic rings. The fourth-order valence-corrected chi connectivity index (χ4v) is 2.14. The number of hydrogen-bond acceptors (Lipinski definition) is 3. The molecule has 0 saturated heterocycles. The van der Waals surface area contributed by atoms with Gasteiger partial charge in [-0.2, -0.15) is 0 Å². The lowest BCUT2D eigenvalue weighted by molar-refractivity contribution is 0.0428. The number of esters is 1. The Hall–Kier alpha value is -1.51. The van der Waals surface area contributed by atoms with Crippen LogP contribution in [0.5, 0.6) is 0 Å². The third-order valence-electron chi connectivity index (χ3n) is 3.47. The Bertz CT molecular complexity index is 404. The largest absolute Gasteiger partial charge is 0.462 e. The minimum atomic E-state index is -0.222. The number of hydrogen-bond donors (Lipinski definition) is 1. The number of rotatable bonds is 9. The maximum Gasteiger partial charge on any atom is 0.338 e. The Morgan fingerprint density at radius 2 is 2.10 bits per heavy atom. The van der Waals surface area contributed by atoms with Crippen molar-refractivity contribution in [2.24, 2.45) is 5.92 Å². The van der Waals surface area contributed by atoms with Gasteiger partial charge in [0.1, 0.15) is 0 Å². The summed E-state index contributed by atoms with van der Waals surface area (Å²) in [5.74, 6) is 0.260. The highest BCUT2D eigenvalue weighted by molar-refractivity contribution is 5.90. The first-order chi connectivity index (χ1) is 9.71. The Morgan fingerprint density at radius 3 is 2.75 bits per heavy atom. The molecule has 0 spiro atoms. The predicted octanol–water partition coefficient (Wildman–Crippen LogP) is 4.49. The van der Waals surface area contributed by atoms with E-state index in [1.807, 2.05) is 25.1 Å². The molecule has 1 aromatic rings. The van der Waals surface area contributed by atoms with E-state index >= 15 is 0 Å². The second kappa shape index (κ2) is 9.40. The van der Waals surface area contributed by atoms with E-state index in [1.165, 1.54) is 12.8 Å². The Labute approximate surface area is 122 Å². The predicted molar refractivity (Wildman–Crippen MR) is 84.2 cm³/mol. The van der Waals surface area contributed by atoms with Gasteiger partial charge in [0.05, 0.1) is 12.2 Å². The average molecular weight is 277 g/mol. The highest BCUT2D eigenvalue weighted by Gasteiger charge is 2.12. The van der Waals surface area contributed by atoms with Crippen molar-refractivity contribution >= 4 is 11.7 Å². The van der Waals surface area contributed by atoms with E-state index in [1.54, 1.807) is 6.07 Å². The Balaban J connectivity index is 2.51. The molecule has 112 valence electrons. The normalized spacial score (nSPS) is 11.9. The molecular weight excluding hydrogens is 250 g/mol. The van der Waals surface area contributed by atoms with Gasteiger partial charge < -0.3 is 10.1 Å². The molecule has 1 rings (SSSR count). The number of ether oxygens (including phenoxy) is 1. The van der Waals surface area contributed by atoms with Crippen LogP contribution >= 0.6 is 0 Å². The quantitative estimate of drug-likeness (QED) is 0.676. The summed E-state index contributed by atoms with van der Waals surface area (Å²) in [6.07, 6.45) is 4.59. The summed E-state index contributed by atoms with van der Waals surface area (Å²) in [5, 5.41) is 3.20. The third kappa shape index (κ3) is 5.64.